The molecule has 26 heavy (non-hydrogen) atoms. The number of hydrogen-bond donors (Lipinski definition) is 3. The lowest BCUT2D eigenvalue weighted by atomic mass is 9.81. The first-order valence-electron chi connectivity index (χ1n) is 9.37. The van der Waals surface area contributed by atoms with Crippen LogP contribution in [0.5, 0.6) is 0 Å². The van der Waals surface area contributed by atoms with E-state index in [1.165, 1.54) is 0 Å². The molecule has 0 unspecified atom stereocenters. The maximum Gasteiger partial charge on any atom is 0.278 e. The number of carboxylic acid groups (broad SMARTS) is 1. The number of carbonyl (C=O) groups excluding carboxylic acids is 3. The van der Waals surface area contributed by atoms with E-state index < -0.39 is 12.0 Å². The van der Waals surface area contributed by atoms with Crippen LogP contribution < -0.4 is 21.5 Å². The summed E-state index contributed by atoms with van der Waals surface area (Å²) >= 11 is 1.54. The molecule has 2 amide bonds. The first-order valence-corrected chi connectivity index (χ1v) is 10.8. The Morgan fingerprint density at radius 1 is 1.19 bits per heavy atom. The van der Waals surface area contributed by atoms with Gasteiger partial charge in [0, 0.05) is 18.4 Å². The molecule has 8 heteroatoms. The van der Waals surface area contributed by atoms with Gasteiger partial charge in [0.05, 0.1) is 12.0 Å². The zero-order chi connectivity index (χ0) is 19.7. The summed E-state index contributed by atoms with van der Waals surface area (Å²) < 4.78 is 0. The van der Waals surface area contributed by atoms with Crippen LogP contribution in [0.25, 0.3) is 0 Å². The Hall–Kier alpha value is -1.28. The lowest BCUT2D eigenvalue weighted by Gasteiger charge is -2.29. The number of nitrogens with one attached hydrogen (secondary N) is 2. The van der Waals surface area contributed by atoms with Crippen LogP contribution in [-0.4, -0.2) is 48.4 Å². The largest absolute Gasteiger partial charge is 0.548 e. The quantitative estimate of drug-likeness (QED) is 0.451. The zero-order valence-corrected chi connectivity index (χ0v) is 16.9. The van der Waals surface area contributed by atoms with Gasteiger partial charge in [-0.1, -0.05) is 13.8 Å². The average molecular weight is 388 g/mol. The maximum atomic E-state index is 12.3. The second-order valence-corrected chi connectivity index (χ2v) is 8.46. The van der Waals surface area contributed by atoms with E-state index in [2.05, 4.69) is 16.4 Å². The number of carboxylic acids is 1. The van der Waals surface area contributed by atoms with Gasteiger partial charge in [-0.3, -0.25) is 9.59 Å². The zero-order valence-electron chi connectivity index (χ0n) is 16.1. The van der Waals surface area contributed by atoms with Crippen molar-refractivity contribution in [2.45, 2.75) is 58.0 Å². The molecule has 0 radical (unpaired) electrons. The summed E-state index contributed by atoms with van der Waals surface area (Å²) in [7, 11) is 0. The van der Waals surface area contributed by atoms with E-state index in [1.54, 1.807) is 11.8 Å². The number of aliphatic carboxylic acids is 1. The van der Waals surface area contributed by atoms with E-state index in [1.807, 2.05) is 20.1 Å². The molecule has 1 aliphatic carbocycles. The number of quaternary nitrogens is 1. The molecule has 0 aromatic heterocycles. The summed E-state index contributed by atoms with van der Waals surface area (Å²) in [4.78, 5) is 35.4. The van der Waals surface area contributed by atoms with Crippen molar-refractivity contribution in [3.8, 4) is 0 Å². The van der Waals surface area contributed by atoms with Crippen molar-refractivity contribution in [1.82, 2.24) is 10.6 Å². The first-order chi connectivity index (χ1) is 12.3. The van der Waals surface area contributed by atoms with E-state index in [0.717, 1.165) is 12.8 Å². The predicted molar refractivity (Wildman–Crippen MR) is 99.9 cm³/mol. The molecule has 2 atom stereocenters. The third kappa shape index (κ3) is 7.53. The van der Waals surface area contributed by atoms with E-state index in [-0.39, 0.29) is 29.7 Å². The molecular weight excluding hydrogens is 354 g/mol. The van der Waals surface area contributed by atoms with Gasteiger partial charge in [0.15, 0.2) is 6.04 Å². The summed E-state index contributed by atoms with van der Waals surface area (Å²) in [5, 5.41) is 16.7. The van der Waals surface area contributed by atoms with Crippen molar-refractivity contribution in [2.24, 2.45) is 17.8 Å². The van der Waals surface area contributed by atoms with Crippen LogP contribution in [0.15, 0.2) is 0 Å². The molecule has 0 aromatic carbocycles. The second-order valence-electron chi connectivity index (χ2n) is 7.47. The Morgan fingerprint density at radius 2 is 1.81 bits per heavy atom. The molecule has 1 fully saturated rings. The number of hydrogen-bond acceptors (Lipinski definition) is 5. The molecule has 0 spiro atoms. The minimum Gasteiger partial charge on any atom is -0.548 e. The molecule has 1 rings (SSSR count). The lowest BCUT2D eigenvalue weighted by Crippen LogP contribution is -2.70. The predicted octanol–water partition coefficient (Wildman–Crippen LogP) is -0.837. The van der Waals surface area contributed by atoms with Crippen LogP contribution in [-0.2, 0) is 14.4 Å². The molecule has 1 saturated carbocycles. The minimum absolute atomic E-state index is 0.0227. The second kappa shape index (κ2) is 11.4. The fourth-order valence-electron chi connectivity index (χ4n) is 3.08. The minimum atomic E-state index is -1.23. The SMILES string of the molecule is CSCC[C@H](NC(=O)C1CCC(CNC(=O)[C@@H]([NH3+])C(C)C)CC1)C(=O)[O-]. The fourth-order valence-corrected chi connectivity index (χ4v) is 3.55. The summed E-state index contributed by atoms with van der Waals surface area (Å²) in [5.74, 6) is -0.375. The van der Waals surface area contributed by atoms with Crippen LogP contribution >= 0.6 is 11.8 Å². The molecular formula is C18H33N3O4S. The number of carbonyl (C=O) groups is 3. The highest BCUT2D eigenvalue weighted by Gasteiger charge is 2.29. The normalized spacial score (nSPS) is 22.5. The van der Waals surface area contributed by atoms with Crippen molar-refractivity contribution >= 4 is 29.5 Å². The monoisotopic (exact) mass is 387 g/mol. The van der Waals surface area contributed by atoms with Crippen molar-refractivity contribution in [1.29, 1.82) is 0 Å². The van der Waals surface area contributed by atoms with Gasteiger partial charge in [-0.2, -0.15) is 11.8 Å². The third-order valence-corrected chi connectivity index (χ3v) is 5.78. The number of rotatable bonds is 10. The molecule has 7 nitrogen and oxygen atoms in total. The summed E-state index contributed by atoms with van der Waals surface area (Å²) in [6.45, 7) is 4.56. The third-order valence-electron chi connectivity index (χ3n) is 5.14. The summed E-state index contributed by atoms with van der Waals surface area (Å²) in [6.07, 6.45) is 5.40. The van der Waals surface area contributed by atoms with E-state index in [0.29, 0.717) is 37.5 Å². The van der Waals surface area contributed by atoms with Crippen molar-refractivity contribution in [3.63, 3.8) is 0 Å². The van der Waals surface area contributed by atoms with E-state index in [9.17, 15) is 19.5 Å². The van der Waals surface area contributed by atoms with Gasteiger partial charge >= 0.3 is 0 Å². The molecule has 0 aliphatic heterocycles. The highest BCUT2D eigenvalue weighted by atomic mass is 32.2. The fraction of sp³-hybridized carbons (Fsp3) is 0.833. The molecule has 1 aliphatic rings. The van der Waals surface area contributed by atoms with Crippen LogP contribution in [0.3, 0.4) is 0 Å². The average Bonchev–Trinajstić information content (AvgIpc) is 2.62. The summed E-state index contributed by atoms with van der Waals surface area (Å²) in [6, 6.07) is -1.17. The number of thioether (sulfide) groups is 1. The van der Waals surface area contributed by atoms with E-state index >= 15 is 0 Å². The molecule has 0 saturated heterocycles. The standard InChI is InChI=1S/C18H33N3O4S/c1-11(2)15(19)17(23)20-10-12-4-6-13(7-5-12)16(22)21-14(18(24)25)8-9-26-3/h11-15H,4-10,19H2,1-3H3,(H,20,23)(H,21,22)(H,24,25)/t12?,13?,14-,15-/m0/s1. The molecule has 150 valence electrons. The Morgan fingerprint density at radius 3 is 2.31 bits per heavy atom. The van der Waals surface area contributed by atoms with Gasteiger partial charge in [0.25, 0.3) is 5.91 Å². The molecule has 5 N–H and O–H groups in total. The van der Waals surface area contributed by atoms with Crippen molar-refractivity contribution in [3.05, 3.63) is 0 Å². The Labute approximate surface area is 160 Å². The van der Waals surface area contributed by atoms with Crippen LogP contribution in [0, 0.1) is 17.8 Å². The van der Waals surface area contributed by atoms with Crippen molar-refractivity contribution in [2.75, 3.05) is 18.6 Å². The molecule has 0 bridgehead atoms. The van der Waals surface area contributed by atoms with Crippen LogP contribution in [0.2, 0.25) is 0 Å². The van der Waals surface area contributed by atoms with Gasteiger partial charge < -0.3 is 26.3 Å². The number of amides is 2. The Balaban J connectivity index is 2.37. The lowest BCUT2D eigenvalue weighted by molar-refractivity contribution is -0.414. The van der Waals surface area contributed by atoms with Gasteiger partial charge in [-0.25, -0.2) is 0 Å². The summed E-state index contributed by atoms with van der Waals surface area (Å²) in [5.41, 5.74) is 3.88. The van der Waals surface area contributed by atoms with Gasteiger partial charge in [0.1, 0.15) is 0 Å². The smallest absolute Gasteiger partial charge is 0.278 e. The Bertz CT molecular complexity index is 479. The highest BCUT2D eigenvalue weighted by Crippen LogP contribution is 2.28. The molecule has 0 aromatic rings. The van der Waals surface area contributed by atoms with Crippen LogP contribution in [0.4, 0.5) is 0 Å². The maximum absolute atomic E-state index is 12.3. The molecule has 0 heterocycles. The van der Waals surface area contributed by atoms with Crippen LogP contribution in [0.1, 0.15) is 46.0 Å². The highest BCUT2D eigenvalue weighted by molar-refractivity contribution is 7.98. The first kappa shape index (κ1) is 22.8. The Kier molecular flexibility index (Phi) is 10.0. The van der Waals surface area contributed by atoms with Gasteiger partial charge in [0.2, 0.25) is 5.91 Å². The van der Waals surface area contributed by atoms with Crippen molar-refractivity contribution < 1.29 is 25.2 Å². The topological polar surface area (TPSA) is 126 Å². The van der Waals surface area contributed by atoms with Gasteiger partial charge in [-0.05, 0) is 50.0 Å². The van der Waals surface area contributed by atoms with Gasteiger partial charge in [-0.15, -0.1) is 0 Å². The van der Waals surface area contributed by atoms with E-state index in [4.69, 9.17) is 0 Å².